The number of carboxylic acid groups (broad SMARTS) is 2. The lowest BCUT2D eigenvalue weighted by Crippen LogP contribution is -2.34. The third-order valence-electron chi connectivity index (χ3n) is 13.0. The van der Waals surface area contributed by atoms with E-state index in [4.69, 9.17) is 18.9 Å². The lowest BCUT2D eigenvalue weighted by molar-refractivity contribution is -0.151. The fourth-order valence-corrected chi connectivity index (χ4v) is 9.62. The molecule has 1 aliphatic rings. The smallest absolute Gasteiger partial charge is 0.329 e. The fraction of sp³-hybridized carbons (Fsp3) is 0.321. The monoisotopic (exact) mass is 886 g/mol. The molecule has 0 saturated carbocycles. The van der Waals surface area contributed by atoms with Gasteiger partial charge < -0.3 is 38.3 Å². The second-order valence-electron chi connectivity index (χ2n) is 17.7. The van der Waals surface area contributed by atoms with E-state index in [0.29, 0.717) is 65.9 Å². The van der Waals surface area contributed by atoms with E-state index in [1.165, 1.54) is 23.1 Å². The quantitative estimate of drug-likeness (QED) is 0.0645. The number of aryl methyl sites for hydroxylation is 2. The first kappa shape index (κ1) is 44.3. The number of carbonyl (C=O) groups is 2. The molecule has 0 bridgehead atoms. The van der Waals surface area contributed by atoms with Crippen LogP contribution in [0.15, 0.2) is 127 Å². The molecular weight excluding hydrogens is 829 g/mol. The van der Waals surface area contributed by atoms with Crippen molar-refractivity contribution < 1.29 is 38.7 Å². The number of ether oxygens (including phenoxy) is 4. The first-order chi connectivity index (χ1) is 32.2. The van der Waals surface area contributed by atoms with Gasteiger partial charge in [-0.2, -0.15) is 0 Å². The van der Waals surface area contributed by atoms with E-state index in [1.54, 1.807) is 9.13 Å². The van der Waals surface area contributed by atoms with Crippen molar-refractivity contribution in [2.45, 2.75) is 89.6 Å². The normalized spacial score (nSPS) is 13.4. The molecule has 2 atom stereocenters. The molecule has 340 valence electrons. The van der Waals surface area contributed by atoms with Crippen molar-refractivity contribution in [2.24, 2.45) is 0 Å². The van der Waals surface area contributed by atoms with Crippen LogP contribution in [0.2, 0.25) is 0 Å². The van der Waals surface area contributed by atoms with E-state index in [9.17, 15) is 19.8 Å². The van der Waals surface area contributed by atoms with E-state index in [2.05, 4.69) is 44.2 Å². The van der Waals surface area contributed by atoms with E-state index in [-0.39, 0.29) is 0 Å². The third kappa shape index (κ3) is 9.41. The standard InChI is InChI=1S/C56H58N2O8/c1-37(2)38-20-23-41(24-21-38)63-30-9-3-11-32-65-43-26-28-47-45-16-5-7-18-49(45)57(51(47)35-43)53(55(59)60)54(56(61)62)58-50-19-8-6-17-46(50)48-29-27-44(36-52(48)58)66-33-12-4-10-31-64-42-25-22-39-14-13-15-40(39)34-42/h5-8,16-29,34-37,53-54H,3-4,9-15,30-33H2,1-2H3,(H,59,60)(H,61,62). The number of hydrogen-bond acceptors (Lipinski definition) is 6. The van der Waals surface area contributed by atoms with Crippen LogP contribution in [0.1, 0.15) is 93.5 Å². The average molecular weight is 887 g/mol. The number of fused-ring (bicyclic) bond motifs is 7. The number of aromatic nitrogens is 2. The molecule has 0 fully saturated rings. The van der Waals surface area contributed by atoms with Crippen LogP contribution in [-0.4, -0.2) is 57.7 Å². The summed E-state index contributed by atoms with van der Waals surface area (Å²) in [5.74, 6) is 0.893. The number of hydrogen-bond donors (Lipinski definition) is 2. The topological polar surface area (TPSA) is 121 Å². The van der Waals surface area contributed by atoms with Gasteiger partial charge in [-0.3, -0.25) is 0 Å². The summed E-state index contributed by atoms with van der Waals surface area (Å²) in [6.07, 6.45) is 8.71. The molecule has 2 heterocycles. The zero-order chi connectivity index (χ0) is 45.6. The lowest BCUT2D eigenvalue weighted by Gasteiger charge is -2.26. The largest absolute Gasteiger partial charge is 0.494 e. The van der Waals surface area contributed by atoms with Crippen LogP contribution < -0.4 is 18.9 Å². The number of unbranched alkanes of at least 4 members (excludes halogenated alkanes) is 4. The first-order valence-electron chi connectivity index (χ1n) is 23.5. The van der Waals surface area contributed by atoms with Crippen molar-refractivity contribution in [1.82, 2.24) is 9.13 Å². The van der Waals surface area contributed by atoms with Gasteiger partial charge in [-0.05, 0) is 141 Å². The number of nitrogens with zero attached hydrogens (tertiary/aromatic N) is 2. The van der Waals surface area contributed by atoms with Crippen LogP contribution in [0.4, 0.5) is 0 Å². The average Bonchev–Trinajstić information content (AvgIpc) is 4.02. The number of para-hydroxylation sites is 2. The lowest BCUT2D eigenvalue weighted by atomic mass is 10.0. The predicted molar refractivity (Wildman–Crippen MR) is 261 cm³/mol. The van der Waals surface area contributed by atoms with Crippen LogP contribution >= 0.6 is 0 Å². The van der Waals surface area contributed by atoms with Crippen LogP contribution in [-0.2, 0) is 22.4 Å². The first-order valence-corrected chi connectivity index (χ1v) is 23.5. The minimum Gasteiger partial charge on any atom is -0.494 e. The van der Waals surface area contributed by atoms with E-state index in [1.807, 2.05) is 97.1 Å². The molecule has 2 unspecified atom stereocenters. The summed E-state index contributed by atoms with van der Waals surface area (Å²) in [5.41, 5.74) is 6.51. The number of rotatable bonds is 22. The van der Waals surface area contributed by atoms with Crippen molar-refractivity contribution in [3.8, 4) is 23.0 Å². The molecule has 9 rings (SSSR count). The summed E-state index contributed by atoms with van der Waals surface area (Å²) in [4.78, 5) is 27.6. The molecule has 0 saturated heterocycles. The van der Waals surface area contributed by atoms with Gasteiger partial charge in [0, 0.05) is 33.7 Å². The minimum absolute atomic E-state index is 0.463. The highest BCUT2D eigenvalue weighted by Gasteiger charge is 2.40. The van der Waals surface area contributed by atoms with Gasteiger partial charge in [0.05, 0.1) is 48.5 Å². The van der Waals surface area contributed by atoms with E-state index < -0.39 is 24.0 Å². The molecule has 6 aromatic carbocycles. The number of aliphatic carboxylic acids is 2. The second kappa shape index (κ2) is 20.1. The Balaban J connectivity index is 0.925. The van der Waals surface area contributed by atoms with Gasteiger partial charge in [0.1, 0.15) is 23.0 Å². The fourth-order valence-electron chi connectivity index (χ4n) is 9.62. The molecule has 2 N–H and O–H groups in total. The van der Waals surface area contributed by atoms with Gasteiger partial charge in [0.15, 0.2) is 12.1 Å². The maximum atomic E-state index is 13.8. The summed E-state index contributed by atoms with van der Waals surface area (Å²) in [5, 5.41) is 25.7. The Morgan fingerprint density at radius 2 is 0.879 bits per heavy atom. The van der Waals surface area contributed by atoms with Gasteiger partial charge in [-0.25, -0.2) is 9.59 Å². The Bertz CT molecular complexity index is 2980. The van der Waals surface area contributed by atoms with Crippen LogP contribution in [0.25, 0.3) is 43.6 Å². The predicted octanol–water partition coefficient (Wildman–Crippen LogP) is 12.7. The van der Waals surface area contributed by atoms with Crippen molar-refractivity contribution >= 4 is 55.6 Å². The molecule has 1 aliphatic carbocycles. The molecule has 0 radical (unpaired) electrons. The van der Waals surface area contributed by atoms with Crippen molar-refractivity contribution in [1.29, 1.82) is 0 Å². The molecule has 0 amide bonds. The number of benzene rings is 6. The molecule has 10 nitrogen and oxygen atoms in total. The van der Waals surface area contributed by atoms with Crippen LogP contribution in [0.3, 0.4) is 0 Å². The highest BCUT2D eigenvalue weighted by Crippen LogP contribution is 2.42. The SMILES string of the molecule is CC(C)c1ccc(OCCCCCOc2ccc3c4ccccc4n(C(C(=O)O)C(C(=O)O)n4c5ccccc5c5ccc(OCCCCCOc6ccc7c(c6)CCC7)cc54)c3c2)cc1. The number of carboxylic acids is 2. The zero-order valence-electron chi connectivity index (χ0n) is 37.8. The molecule has 0 spiro atoms. The van der Waals surface area contributed by atoms with Gasteiger partial charge in [-0.15, -0.1) is 0 Å². The summed E-state index contributed by atoms with van der Waals surface area (Å²) < 4.78 is 27.9. The Hall–Kier alpha value is -6.94. The molecule has 2 aromatic heterocycles. The Labute approximate surface area is 385 Å². The molecular formula is C56H58N2O8. The second-order valence-corrected chi connectivity index (χ2v) is 17.7. The van der Waals surface area contributed by atoms with Crippen LogP contribution in [0, 0.1) is 0 Å². The minimum atomic E-state index is -1.55. The summed E-state index contributed by atoms with van der Waals surface area (Å²) >= 11 is 0. The molecule has 8 aromatic rings. The summed E-state index contributed by atoms with van der Waals surface area (Å²) in [6.45, 7) is 6.53. The van der Waals surface area contributed by atoms with Crippen molar-refractivity contribution in [2.75, 3.05) is 26.4 Å². The van der Waals surface area contributed by atoms with Crippen molar-refractivity contribution in [3.63, 3.8) is 0 Å². The van der Waals surface area contributed by atoms with Gasteiger partial charge in [0.25, 0.3) is 0 Å². The van der Waals surface area contributed by atoms with Crippen molar-refractivity contribution in [3.05, 3.63) is 144 Å². The van der Waals surface area contributed by atoms with Crippen LogP contribution in [0.5, 0.6) is 23.0 Å². The van der Waals surface area contributed by atoms with Gasteiger partial charge >= 0.3 is 11.9 Å². The zero-order valence-corrected chi connectivity index (χ0v) is 37.8. The maximum Gasteiger partial charge on any atom is 0.329 e. The third-order valence-corrected chi connectivity index (χ3v) is 13.0. The van der Waals surface area contributed by atoms with E-state index in [0.717, 1.165) is 84.4 Å². The van der Waals surface area contributed by atoms with Gasteiger partial charge in [0.2, 0.25) is 0 Å². The molecule has 0 aliphatic heterocycles. The summed E-state index contributed by atoms with van der Waals surface area (Å²) in [7, 11) is 0. The van der Waals surface area contributed by atoms with E-state index >= 15 is 0 Å². The highest BCUT2D eigenvalue weighted by atomic mass is 16.5. The Morgan fingerprint density at radius 3 is 1.36 bits per heavy atom. The van der Waals surface area contributed by atoms with Gasteiger partial charge in [-0.1, -0.05) is 68.4 Å². The highest BCUT2D eigenvalue weighted by molar-refractivity contribution is 6.11. The Morgan fingerprint density at radius 1 is 0.470 bits per heavy atom. The molecule has 10 heteroatoms. The maximum absolute atomic E-state index is 13.8. The summed E-state index contributed by atoms with van der Waals surface area (Å²) in [6, 6.07) is 38.0. The molecule has 66 heavy (non-hydrogen) atoms. The Kier molecular flexibility index (Phi) is 13.5.